The van der Waals surface area contributed by atoms with Gasteiger partial charge in [0.25, 0.3) is 5.91 Å². The Balaban J connectivity index is 1.47. The van der Waals surface area contributed by atoms with E-state index in [1.54, 1.807) is 36.7 Å². The maximum absolute atomic E-state index is 13.9. The number of anilines is 1. The fourth-order valence-corrected chi connectivity index (χ4v) is 5.04. The van der Waals surface area contributed by atoms with Crippen LogP contribution in [0.4, 0.5) is 23.2 Å². The second-order valence-corrected chi connectivity index (χ2v) is 9.90. The summed E-state index contributed by atoms with van der Waals surface area (Å²) >= 11 is 1.37. The molecule has 196 valence electrons. The monoisotopic (exact) mass is 542 g/mol. The number of aryl methyl sites for hydroxylation is 2. The summed E-state index contributed by atoms with van der Waals surface area (Å²) in [5.41, 5.74) is 0.997. The minimum absolute atomic E-state index is 0.0957. The Morgan fingerprint density at radius 3 is 2.55 bits per heavy atom. The number of thiophene rings is 1. The molecular formula is C26H22F4N6OS. The zero-order valence-electron chi connectivity index (χ0n) is 20.6. The van der Waals surface area contributed by atoms with Gasteiger partial charge in [0.2, 0.25) is 0 Å². The summed E-state index contributed by atoms with van der Waals surface area (Å²) < 4.78 is 57.6. The van der Waals surface area contributed by atoms with E-state index in [-0.39, 0.29) is 29.4 Å². The van der Waals surface area contributed by atoms with Gasteiger partial charge < -0.3 is 5.32 Å². The van der Waals surface area contributed by atoms with Gasteiger partial charge in [-0.15, -0.1) is 11.3 Å². The van der Waals surface area contributed by atoms with Crippen LogP contribution in [0.15, 0.2) is 48.5 Å². The maximum atomic E-state index is 13.9. The number of fused-ring (bicyclic) bond motifs is 1. The molecule has 0 aliphatic carbocycles. The number of carbonyl (C=O) groups is 1. The molecule has 0 aliphatic rings. The zero-order valence-corrected chi connectivity index (χ0v) is 21.4. The van der Waals surface area contributed by atoms with Crippen molar-refractivity contribution < 1.29 is 22.4 Å². The number of benzene rings is 1. The first-order valence-corrected chi connectivity index (χ1v) is 12.5. The van der Waals surface area contributed by atoms with Crippen molar-refractivity contribution in [2.75, 3.05) is 5.32 Å². The maximum Gasteiger partial charge on any atom is 0.433 e. The van der Waals surface area contributed by atoms with Crippen LogP contribution in [0.25, 0.3) is 16.2 Å². The molecule has 0 spiro atoms. The third kappa shape index (κ3) is 4.91. The van der Waals surface area contributed by atoms with Crippen molar-refractivity contribution in [2.45, 2.75) is 39.9 Å². The van der Waals surface area contributed by atoms with Crippen LogP contribution >= 0.6 is 11.3 Å². The smallest absolute Gasteiger partial charge is 0.317 e. The van der Waals surface area contributed by atoms with E-state index in [1.807, 2.05) is 13.0 Å². The first-order valence-electron chi connectivity index (χ1n) is 11.7. The van der Waals surface area contributed by atoms with Crippen LogP contribution < -0.4 is 5.32 Å². The lowest BCUT2D eigenvalue weighted by Gasteiger charge is -2.10. The molecule has 0 atom stereocenters. The van der Waals surface area contributed by atoms with E-state index in [9.17, 15) is 22.4 Å². The molecule has 0 unspecified atom stereocenters. The van der Waals surface area contributed by atoms with Crippen LogP contribution in [0.2, 0.25) is 0 Å². The molecular weight excluding hydrogens is 520 g/mol. The van der Waals surface area contributed by atoms with Crippen LogP contribution in [0.1, 0.15) is 44.9 Å². The summed E-state index contributed by atoms with van der Waals surface area (Å²) in [7, 11) is 0. The summed E-state index contributed by atoms with van der Waals surface area (Å²) in [4.78, 5) is 19.0. The van der Waals surface area contributed by atoms with Crippen LogP contribution in [0.5, 0.6) is 0 Å². The van der Waals surface area contributed by atoms with Crippen LogP contribution in [0, 0.1) is 19.7 Å². The van der Waals surface area contributed by atoms with E-state index in [0.29, 0.717) is 32.0 Å². The Labute approximate surface area is 218 Å². The number of alkyl halides is 3. The molecule has 4 heterocycles. The first kappa shape index (κ1) is 25.6. The topological polar surface area (TPSA) is 77.1 Å². The van der Waals surface area contributed by atoms with Gasteiger partial charge in [0.15, 0.2) is 17.0 Å². The average Bonchev–Trinajstić information content (AvgIpc) is 3.57. The summed E-state index contributed by atoms with van der Waals surface area (Å²) in [6, 6.07) is 11.8. The molecule has 38 heavy (non-hydrogen) atoms. The number of halogens is 4. The summed E-state index contributed by atoms with van der Waals surface area (Å²) in [5.74, 6) is -1.07. The Morgan fingerprint density at radius 2 is 1.87 bits per heavy atom. The molecule has 0 saturated carbocycles. The van der Waals surface area contributed by atoms with Gasteiger partial charge >= 0.3 is 6.18 Å². The molecule has 0 radical (unpaired) electrons. The molecule has 4 aromatic heterocycles. The first-order chi connectivity index (χ1) is 18.0. The SMILES string of the molecule is CCc1ccc(-c2cc(C(F)(F)F)n3nc(C(=O)Nc4c(C)nn(Cc5cccc(F)c5)c4C)cc3n2)s1. The van der Waals surface area contributed by atoms with Gasteiger partial charge in [0.05, 0.1) is 34.2 Å². The standard InChI is InChI=1S/C26H22F4N6OS/c1-4-18-8-9-21(38-18)19-11-22(26(28,29)30)36-23(31-19)12-20(34-36)25(37)32-24-14(2)33-35(15(24)3)13-16-6-5-7-17(27)10-16/h5-12H,4,13H2,1-3H3,(H,32,37). The van der Waals surface area contributed by atoms with E-state index in [4.69, 9.17) is 0 Å². The van der Waals surface area contributed by atoms with E-state index < -0.39 is 17.8 Å². The molecule has 7 nitrogen and oxygen atoms in total. The van der Waals surface area contributed by atoms with E-state index in [2.05, 4.69) is 20.5 Å². The van der Waals surface area contributed by atoms with E-state index in [0.717, 1.165) is 17.4 Å². The number of amides is 1. The van der Waals surface area contributed by atoms with Gasteiger partial charge in [0, 0.05) is 10.9 Å². The van der Waals surface area contributed by atoms with Crippen molar-refractivity contribution >= 4 is 28.6 Å². The zero-order chi connectivity index (χ0) is 27.2. The fourth-order valence-electron chi connectivity index (χ4n) is 4.14. The molecule has 0 fully saturated rings. The number of carbonyl (C=O) groups excluding carboxylic acids is 1. The van der Waals surface area contributed by atoms with E-state index >= 15 is 0 Å². The molecule has 1 N–H and O–H groups in total. The third-order valence-corrected chi connectivity index (χ3v) is 7.31. The molecule has 5 aromatic rings. The van der Waals surface area contributed by atoms with E-state index in [1.165, 1.54) is 29.5 Å². The highest BCUT2D eigenvalue weighted by Gasteiger charge is 2.36. The second kappa shape index (κ2) is 9.67. The van der Waals surface area contributed by atoms with Gasteiger partial charge in [-0.3, -0.25) is 9.48 Å². The molecule has 5 rings (SSSR count). The highest BCUT2D eigenvalue weighted by atomic mass is 32.1. The van der Waals surface area contributed by atoms with Crippen molar-refractivity contribution in [2.24, 2.45) is 0 Å². The average molecular weight is 543 g/mol. The number of hydrogen-bond acceptors (Lipinski definition) is 5. The van der Waals surface area contributed by atoms with Crippen molar-refractivity contribution in [1.29, 1.82) is 0 Å². The van der Waals surface area contributed by atoms with Gasteiger partial charge in [-0.2, -0.15) is 23.4 Å². The Hall–Kier alpha value is -4.06. The highest BCUT2D eigenvalue weighted by Crippen LogP contribution is 2.34. The summed E-state index contributed by atoms with van der Waals surface area (Å²) in [6.07, 6.45) is -3.96. The molecule has 12 heteroatoms. The molecule has 1 amide bonds. The number of aromatic nitrogens is 5. The lowest BCUT2D eigenvalue weighted by molar-refractivity contribution is -0.142. The quantitative estimate of drug-likeness (QED) is 0.256. The lowest BCUT2D eigenvalue weighted by atomic mass is 10.2. The summed E-state index contributed by atoms with van der Waals surface area (Å²) in [5, 5.41) is 11.1. The minimum Gasteiger partial charge on any atom is -0.317 e. The van der Waals surface area contributed by atoms with Crippen LogP contribution in [0.3, 0.4) is 0 Å². The van der Waals surface area contributed by atoms with Gasteiger partial charge in [-0.1, -0.05) is 19.1 Å². The molecule has 0 saturated heterocycles. The van der Waals surface area contributed by atoms with Crippen molar-refractivity contribution in [3.8, 4) is 10.6 Å². The predicted octanol–water partition coefficient (Wildman–Crippen LogP) is 6.29. The van der Waals surface area contributed by atoms with Gasteiger partial charge in [-0.05, 0) is 56.2 Å². The highest BCUT2D eigenvalue weighted by molar-refractivity contribution is 7.15. The Kier molecular flexibility index (Phi) is 6.51. The van der Waals surface area contributed by atoms with Crippen LogP contribution in [-0.2, 0) is 19.1 Å². The van der Waals surface area contributed by atoms with Crippen molar-refractivity contribution in [3.63, 3.8) is 0 Å². The van der Waals surface area contributed by atoms with Crippen LogP contribution in [-0.4, -0.2) is 30.3 Å². The van der Waals surface area contributed by atoms with Gasteiger partial charge in [-0.25, -0.2) is 13.9 Å². The Morgan fingerprint density at radius 1 is 1.08 bits per heavy atom. The lowest BCUT2D eigenvalue weighted by Crippen LogP contribution is -2.16. The fraction of sp³-hybridized carbons (Fsp3) is 0.231. The number of nitrogens with one attached hydrogen (secondary N) is 1. The van der Waals surface area contributed by atoms with Crippen molar-refractivity contribution in [3.05, 3.63) is 87.6 Å². The molecule has 0 bridgehead atoms. The number of hydrogen-bond donors (Lipinski definition) is 1. The largest absolute Gasteiger partial charge is 0.433 e. The summed E-state index contributed by atoms with van der Waals surface area (Å²) in [6.45, 7) is 5.66. The number of nitrogens with zero attached hydrogens (tertiary/aromatic N) is 5. The third-order valence-electron chi connectivity index (χ3n) is 6.05. The second-order valence-electron chi connectivity index (χ2n) is 8.73. The Bertz CT molecular complexity index is 1670. The number of rotatable bonds is 6. The predicted molar refractivity (Wildman–Crippen MR) is 136 cm³/mol. The van der Waals surface area contributed by atoms with Crippen molar-refractivity contribution in [1.82, 2.24) is 24.4 Å². The van der Waals surface area contributed by atoms with Gasteiger partial charge in [0.1, 0.15) is 5.82 Å². The normalized spacial score (nSPS) is 11.9. The molecule has 0 aliphatic heterocycles. The minimum atomic E-state index is -4.72. The molecule has 1 aromatic carbocycles.